The summed E-state index contributed by atoms with van der Waals surface area (Å²) in [5.41, 5.74) is 5.24. The molecule has 6 nitrogen and oxygen atoms in total. The number of hydrogen-bond acceptors (Lipinski definition) is 5. The van der Waals surface area contributed by atoms with Gasteiger partial charge in [-0.2, -0.15) is 0 Å². The van der Waals surface area contributed by atoms with Gasteiger partial charge < -0.3 is 5.73 Å². The van der Waals surface area contributed by atoms with Crippen LogP contribution < -0.4 is 5.73 Å². The SMILES string of the molecule is NC1(Cc2c(Cl)cccc2[N+](=O)[O-])CCS(=O)(=O)C1. The molecule has 1 heterocycles. The molecule has 104 valence electrons. The summed E-state index contributed by atoms with van der Waals surface area (Å²) in [6, 6.07) is 4.36. The molecule has 1 aliphatic heterocycles. The summed E-state index contributed by atoms with van der Waals surface area (Å²) in [7, 11) is -3.16. The molecule has 0 aliphatic carbocycles. The molecular formula is C11H13ClN2O4S. The molecule has 0 spiro atoms. The van der Waals surface area contributed by atoms with Gasteiger partial charge in [-0.3, -0.25) is 10.1 Å². The van der Waals surface area contributed by atoms with Crippen LogP contribution in [0.1, 0.15) is 12.0 Å². The van der Waals surface area contributed by atoms with Crippen LogP contribution in [-0.2, 0) is 16.3 Å². The number of nitrogens with zero attached hydrogens (tertiary/aromatic N) is 1. The van der Waals surface area contributed by atoms with Crippen molar-refractivity contribution in [3.63, 3.8) is 0 Å². The lowest BCUT2D eigenvalue weighted by Crippen LogP contribution is -2.43. The van der Waals surface area contributed by atoms with E-state index in [-0.39, 0.29) is 35.1 Å². The zero-order valence-electron chi connectivity index (χ0n) is 10.0. The predicted octanol–water partition coefficient (Wildman–Crippen LogP) is 1.31. The second-order valence-corrected chi connectivity index (χ2v) is 7.47. The first-order valence-corrected chi connectivity index (χ1v) is 7.83. The molecule has 1 aliphatic rings. The minimum Gasteiger partial charge on any atom is -0.324 e. The van der Waals surface area contributed by atoms with Gasteiger partial charge in [0.15, 0.2) is 9.84 Å². The number of hydrogen-bond donors (Lipinski definition) is 1. The molecule has 0 amide bonds. The smallest absolute Gasteiger partial charge is 0.274 e. The number of nitrogens with two attached hydrogens (primary N) is 1. The van der Waals surface area contributed by atoms with E-state index >= 15 is 0 Å². The number of halogens is 1. The lowest BCUT2D eigenvalue weighted by Gasteiger charge is -2.22. The van der Waals surface area contributed by atoms with Gasteiger partial charge in [0.25, 0.3) is 5.69 Å². The third-order valence-corrected chi connectivity index (χ3v) is 5.43. The molecule has 2 rings (SSSR count). The second-order valence-electron chi connectivity index (χ2n) is 4.88. The van der Waals surface area contributed by atoms with Crippen LogP contribution in [0.3, 0.4) is 0 Å². The van der Waals surface area contributed by atoms with Crippen LogP contribution in [0.25, 0.3) is 0 Å². The molecule has 0 radical (unpaired) electrons. The van der Waals surface area contributed by atoms with E-state index in [1.165, 1.54) is 18.2 Å². The first kappa shape index (κ1) is 14.2. The van der Waals surface area contributed by atoms with Gasteiger partial charge in [-0.1, -0.05) is 17.7 Å². The zero-order valence-corrected chi connectivity index (χ0v) is 11.6. The fourth-order valence-electron chi connectivity index (χ4n) is 2.33. The van der Waals surface area contributed by atoms with E-state index in [9.17, 15) is 18.5 Å². The fourth-order valence-corrected chi connectivity index (χ4v) is 4.55. The van der Waals surface area contributed by atoms with E-state index in [0.717, 1.165) is 0 Å². The van der Waals surface area contributed by atoms with Gasteiger partial charge in [-0.15, -0.1) is 0 Å². The van der Waals surface area contributed by atoms with E-state index in [1.807, 2.05) is 0 Å². The van der Waals surface area contributed by atoms with Crippen LogP contribution in [0.2, 0.25) is 5.02 Å². The van der Waals surface area contributed by atoms with Crippen molar-refractivity contribution in [1.29, 1.82) is 0 Å². The lowest BCUT2D eigenvalue weighted by atomic mass is 9.90. The van der Waals surface area contributed by atoms with E-state index in [2.05, 4.69) is 0 Å². The number of sulfone groups is 1. The van der Waals surface area contributed by atoms with Crippen molar-refractivity contribution in [1.82, 2.24) is 0 Å². The number of benzene rings is 1. The summed E-state index contributed by atoms with van der Waals surface area (Å²) in [6.45, 7) is 0. The van der Waals surface area contributed by atoms with Crippen molar-refractivity contribution >= 4 is 27.1 Å². The monoisotopic (exact) mass is 304 g/mol. The Bertz CT molecular complexity index is 632. The summed E-state index contributed by atoms with van der Waals surface area (Å²) in [5, 5.41) is 11.2. The first-order chi connectivity index (χ1) is 8.72. The van der Waals surface area contributed by atoms with Gasteiger partial charge in [0, 0.05) is 11.6 Å². The van der Waals surface area contributed by atoms with E-state index in [0.29, 0.717) is 5.56 Å². The van der Waals surface area contributed by atoms with Crippen molar-refractivity contribution in [2.75, 3.05) is 11.5 Å². The third kappa shape index (κ3) is 3.05. The largest absolute Gasteiger partial charge is 0.324 e. The topological polar surface area (TPSA) is 103 Å². The number of nitro groups is 1. The maximum Gasteiger partial charge on any atom is 0.274 e. The Morgan fingerprint density at radius 1 is 1.47 bits per heavy atom. The van der Waals surface area contributed by atoms with E-state index < -0.39 is 20.3 Å². The Kier molecular flexibility index (Phi) is 3.55. The summed E-state index contributed by atoms with van der Waals surface area (Å²) in [4.78, 5) is 10.4. The van der Waals surface area contributed by atoms with Crippen molar-refractivity contribution in [3.8, 4) is 0 Å². The highest BCUT2D eigenvalue weighted by Crippen LogP contribution is 2.33. The van der Waals surface area contributed by atoms with Gasteiger partial charge in [-0.05, 0) is 18.9 Å². The maximum atomic E-state index is 11.5. The predicted molar refractivity (Wildman–Crippen MR) is 72.0 cm³/mol. The molecule has 1 aromatic carbocycles. The molecule has 1 atom stereocenters. The summed E-state index contributed by atoms with van der Waals surface area (Å²) in [6.07, 6.45) is 0.375. The van der Waals surface area contributed by atoms with Gasteiger partial charge in [0.2, 0.25) is 0 Å². The highest BCUT2D eigenvalue weighted by atomic mass is 35.5. The first-order valence-electron chi connectivity index (χ1n) is 5.64. The Balaban J connectivity index is 2.37. The molecule has 1 aromatic rings. The number of rotatable bonds is 3. The zero-order chi connectivity index (χ0) is 14.3. The van der Waals surface area contributed by atoms with E-state index in [1.54, 1.807) is 0 Å². The fraction of sp³-hybridized carbons (Fsp3) is 0.455. The molecule has 0 bridgehead atoms. The third-order valence-electron chi connectivity index (χ3n) is 3.24. The highest BCUT2D eigenvalue weighted by Gasteiger charge is 2.40. The van der Waals surface area contributed by atoms with Crippen LogP contribution >= 0.6 is 11.6 Å². The summed E-state index contributed by atoms with van der Waals surface area (Å²) >= 11 is 5.98. The molecule has 0 aromatic heterocycles. The lowest BCUT2D eigenvalue weighted by molar-refractivity contribution is -0.385. The Labute approximate surface area is 115 Å². The standard InChI is InChI=1S/C11H13ClN2O4S/c12-9-2-1-3-10(14(15)16)8(9)6-11(13)4-5-19(17,18)7-11/h1-3H,4-7,13H2. The Morgan fingerprint density at radius 3 is 2.68 bits per heavy atom. The van der Waals surface area contributed by atoms with Crippen molar-refractivity contribution in [2.24, 2.45) is 5.73 Å². The van der Waals surface area contributed by atoms with Crippen LogP contribution in [0.5, 0.6) is 0 Å². The molecule has 2 N–H and O–H groups in total. The van der Waals surface area contributed by atoms with Crippen LogP contribution in [0.15, 0.2) is 18.2 Å². The Hall–Kier alpha value is -1.18. The molecule has 0 saturated carbocycles. The van der Waals surface area contributed by atoms with Crippen LogP contribution in [-0.4, -0.2) is 30.4 Å². The average molecular weight is 305 g/mol. The molecular weight excluding hydrogens is 292 g/mol. The average Bonchev–Trinajstić information content (AvgIpc) is 2.56. The molecule has 1 fully saturated rings. The van der Waals surface area contributed by atoms with Gasteiger partial charge in [-0.25, -0.2) is 8.42 Å². The minimum atomic E-state index is -3.16. The molecule has 1 saturated heterocycles. The van der Waals surface area contributed by atoms with Gasteiger partial charge in [0.05, 0.1) is 27.0 Å². The molecule has 8 heteroatoms. The van der Waals surface area contributed by atoms with Gasteiger partial charge >= 0.3 is 0 Å². The minimum absolute atomic E-state index is 0.0156. The summed E-state index contributed by atoms with van der Waals surface area (Å²) in [5.74, 6) is -0.149. The van der Waals surface area contributed by atoms with Crippen LogP contribution in [0, 0.1) is 10.1 Å². The number of nitro benzene ring substituents is 1. The van der Waals surface area contributed by atoms with Crippen molar-refractivity contribution in [2.45, 2.75) is 18.4 Å². The second kappa shape index (κ2) is 4.73. The van der Waals surface area contributed by atoms with Crippen molar-refractivity contribution < 1.29 is 13.3 Å². The molecule has 19 heavy (non-hydrogen) atoms. The Morgan fingerprint density at radius 2 is 2.16 bits per heavy atom. The quantitative estimate of drug-likeness (QED) is 0.669. The van der Waals surface area contributed by atoms with Crippen molar-refractivity contribution in [3.05, 3.63) is 38.9 Å². The van der Waals surface area contributed by atoms with Crippen LogP contribution in [0.4, 0.5) is 5.69 Å². The van der Waals surface area contributed by atoms with Gasteiger partial charge in [0.1, 0.15) is 0 Å². The summed E-state index contributed by atoms with van der Waals surface area (Å²) < 4.78 is 23.0. The van der Waals surface area contributed by atoms with E-state index in [4.69, 9.17) is 17.3 Å². The maximum absolute atomic E-state index is 11.5. The normalized spacial score (nSPS) is 25.4. The highest BCUT2D eigenvalue weighted by molar-refractivity contribution is 7.91. The molecule has 1 unspecified atom stereocenters.